The maximum absolute atomic E-state index is 5.69. The van der Waals surface area contributed by atoms with Gasteiger partial charge >= 0.3 is 0 Å². The largest absolute Gasteiger partial charge is 0.326 e. The summed E-state index contributed by atoms with van der Waals surface area (Å²) in [5, 5.41) is 0. The second-order valence-corrected chi connectivity index (χ2v) is 8.83. The van der Waals surface area contributed by atoms with Crippen LogP contribution in [-0.2, 0) is 6.54 Å². The Balaban J connectivity index is 0.00000176. The fourth-order valence-electron chi connectivity index (χ4n) is 4.40. The first-order valence-electron chi connectivity index (χ1n) is 8.69. The van der Waals surface area contributed by atoms with Crippen molar-refractivity contribution < 1.29 is 0 Å². The third-order valence-electron chi connectivity index (χ3n) is 5.83. The number of alkyl halides is 1. The summed E-state index contributed by atoms with van der Waals surface area (Å²) in [6, 6.07) is 9.05. The molecule has 0 bridgehead atoms. The highest BCUT2D eigenvalue weighted by Gasteiger charge is 2.30. The fourth-order valence-corrected chi connectivity index (χ4v) is 5.12. The zero-order valence-electron chi connectivity index (χ0n) is 12.9. The first-order valence-corrected chi connectivity index (χ1v) is 9.94. The molecule has 22 heavy (non-hydrogen) atoms. The van der Waals surface area contributed by atoms with Crippen LogP contribution in [0.3, 0.4) is 0 Å². The van der Waals surface area contributed by atoms with Crippen LogP contribution in [0.25, 0.3) is 0 Å². The first kappa shape index (κ1) is 18.3. The van der Waals surface area contributed by atoms with Crippen molar-refractivity contribution in [2.24, 2.45) is 17.6 Å². The van der Waals surface area contributed by atoms with Gasteiger partial charge in [0.15, 0.2) is 0 Å². The zero-order valence-corrected chi connectivity index (χ0v) is 15.1. The molecule has 2 heteroatoms. The molecule has 2 saturated carbocycles. The number of benzene rings is 1. The van der Waals surface area contributed by atoms with Crippen LogP contribution >= 0.6 is 22.6 Å². The van der Waals surface area contributed by atoms with Gasteiger partial charge in [0.2, 0.25) is 0 Å². The van der Waals surface area contributed by atoms with Crippen molar-refractivity contribution in [1.29, 1.82) is 0 Å². The molecule has 0 radical (unpaired) electrons. The van der Waals surface area contributed by atoms with E-state index in [1.165, 1.54) is 56.9 Å². The summed E-state index contributed by atoms with van der Waals surface area (Å²) in [6.07, 6.45) is 11.6. The van der Waals surface area contributed by atoms with Gasteiger partial charge in [-0.2, -0.15) is 0 Å². The van der Waals surface area contributed by atoms with E-state index in [1.807, 2.05) is 0 Å². The highest BCUT2D eigenvalue weighted by atomic mass is 127. The lowest BCUT2D eigenvalue weighted by Gasteiger charge is -2.37. The molecule has 2 aliphatic carbocycles. The number of hydrogen-bond donors (Lipinski definition) is 1. The predicted molar refractivity (Wildman–Crippen MR) is 106 cm³/mol. The SMILES string of the molecule is C.NCc1ccc(C2CCC(C3CCC(I)CC3)CC2)cc1. The molecule has 1 aromatic rings. The van der Waals surface area contributed by atoms with Gasteiger partial charge < -0.3 is 5.73 Å². The van der Waals surface area contributed by atoms with Gasteiger partial charge in [-0.05, 0) is 80.2 Å². The summed E-state index contributed by atoms with van der Waals surface area (Å²) < 4.78 is 0.955. The van der Waals surface area contributed by atoms with Crippen LogP contribution in [0.1, 0.15) is 75.8 Å². The summed E-state index contributed by atoms with van der Waals surface area (Å²) in [4.78, 5) is 0. The highest BCUT2D eigenvalue weighted by molar-refractivity contribution is 14.1. The monoisotopic (exact) mass is 413 g/mol. The molecule has 2 N–H and O–H groups in total. The summed E-state index contributed by atoms with van der Waals surface area (Å²) in [7, 11) is 0. The quantitative estimate of drug-likeness (QED) is 0.474. The van der Waals surface area contributed by atoms with Gasteiger partial charge in [0.1, 0.15) is 0 Å². The van der Waals surface area contributed by atoms with Crippen LogP contribution in [0.4, 0.5) is 0 Å². The van der Waals surface area contributed by atoms with Crippen LogP contribution < -0.4 is 5.73 Å². The molecule has 0 aromatic heterocycles. The molecule has 0 amide bonds. The van der Waals surface area contributed by atoms with Gasteiger partial charge in [-0.3, -0.25) is 0 Å². The number of rotatable bonds is 3. The van der Waals surface area contributed by atoms with E-state index in [0.29, 0.717) is 6.54 Å². The van der Waals surface area contributed by atoms with Crippen molar-refractivity contribution in [2.45, 2.75) is 75.2 Å². The Kier molecular flexibility index (Phi) is 7.20. The van der Waals surface area contributed by atoms with Crippen LogP contribution in [0.2, 0.25) is 0 Å². The molecule has 0 unspecified atom stereocenters. The maximum atomic E-state index is 5.69. The van der Waals surface area contributed by atoms with E-state index in [4.69, 9.17) is 5.73 Å². The van der Waals surface area contributed by atoms with Crippen molar-refractivity contribution in [1.82, 2.24) is 0 Å². The topological polar surface area (TPSA) is 26.0 Å². The lowest BCUT2D eigenvalue weighted by Crippen LogP contribution is -2.25. The van der Waals surface area contributed by atoms with Gasteiger partial charge in [0.05, 0.1) is 0 Å². The Morgan fingerprint density at radius 3 is 1.82 bits per heavy atom. The molecule has 0 atom stereocenters. The number of halogens is 1. The van der Waals surface area contributed by atoms with E-state index in [-0.39, 0.29) is 7.43 Å². The van der Waals surface area contributed by atoms with Crippen LogP contribution in [0.15, 0.2) is 24.3 Å². The lowest BCUT2D eigenvalue weighted by molar-refractivity contribution is 0.190. The summed E-state index contributed by atoms with van der Waals surface area (Å²) >= 11 is 2.65. The van der Waals surface area contributed by atoms with E-state index in [0.717, 1.165) is 21.7 Å². The minimum absolute atomic E-state index is 0. The fraction of sp³-hybridized carbons (Fsp3) is 0.700. The van der Waals surface area contributed by atoms with E-state index in [2.05, 4.69) is 46.9 Å². The van der Waals surface area contributed by atoms with E-state index >= 15 is 0 Å². The smallest absolute Gasteiger partial charge is 0.0178 e. The second-order valence-electron chi connectivity index (χ2n) is 7.07. The second kappa shape index (κ2) is 8.68. The molecular formula is C20H32IN. The van der Waals surface area contributed by atoms with Gasteiger partial charge in [0.25, 0.3) is 0 Å². The van der Waals surface area contributed by atoms with Gasteiger partial charge in [-0.1, -0.05) is 54.3 Å². The van der Waals surface area contributed by atoms with E-state index in [1.54, 1.807) is 5.56 Å². The number of hydrogen-bond acceptors (Lipinski definition) is 1. The molecule has 1 nitrogen and oxygen atoms in total. The predicted octanol–water partition coefficient (Wildman–Crippen LogP) is 6.05. The Labute approximate surface area is 150 Å². The van der Waals surface area contributed by atoms with Crippen LogP contribution in [0.5, 0.6) is 0 Å². The molecule has 0 heterocycles. The molecule has 1 aromatic carbocycles. The normalized spacial score (nSPS) is 32.3. The molecule has 2 aliphatic rings. The average Bonchev–Trinajstić information content (AvgIpc) is 2.56. The minimum Gasteiger partial charge on any atom is -0.326 e. The first-order chi connectivity index (χ1) is 10.3. The zero-order chi connectivity index (χ0) is 14.7. The average molecular weight is 413 g/mol. The maximum Gasteiger partial charge on any atom is 0.0178 e. The van der Waals surface area contributed by atoms with E-state index in [9.17, 15) is 0 Å². The molecule has 124 valence electrons. The lowest BCUT2D eigenvalue weighted by atomic mass is 9.70. The van der Waals surface area contributed by atoms with Crippen molar-refractivity contribution >= 4 is 22.6 Å². The van der Waals surface area contributed by atoms with Crippen molar-refractivity contribution in [3.63, 3.8) is 0 Å². The summed E-state index contributed by atoms with van der Waals surface area (Å²) in [6.45, 7) is 0.659. The molecule has 3 rings (SSSR count). The molecular weight excluding hydrogens is 381 g/mol. The van der Waals surface area contributed by atoms with Crippen molar-refractivity contribution in [3.8, 4) is 0 Å². The molecule has 0 spiro atoms. The van der Waals surface area contributed by atoms with Crippen molar-refractivity contribution in [2.75, 3.05) is 0 Å². The van der Waals surface area contributed by atoms with Gasteiger partial charge in [-0.25, -0.2) is 0 Å². The third-order valence-corrected chi connectivity index (χ3v) is 7.07. The molecule has 0 aliphatic heterocycles. The molecule has 2 fully saturated rings. The van der Waals surface area contributed by atoms with E-state index < -0.39 is 0 Å². The Morgan fingerprint density at radius 2 is 1.32 bits per heavy atom. The Hall–Kier alpha value is -0.0900. The Bertz CT molecular complexity index is 426. The Morgan fingerprint density at radius 1 is 0.818 bits per heavy atom. The standard InChI is InChI=1S/C19H28IN.CH4/c20-19-11-9-18(10-12-19)17-7-5-16(6-8-17)15-3-1-14(13-21)2-4-15;/h1-4,16-19H,5-13,21H2;1H4. The molecule has 0 saturated heterocycles. The minimum atomic E-state index is 0. The van der Waals surface area contributed by atoms with Gasteiger partial charge in [-0.15, -0.1) is 0 Å². The van der Waals surface area contributed by atoms with Crippen LogP contribution in [-0.4, -0.2) is 3.92 Å². The summed E-state index contributed by atoms with van der Waals surface area (Å²) in [5.41, 5.74) is 8.48. The summed E-state index contributed by atoms with van der Waals surface area (Å²) in [5.74, 6) is 2.86. The highest BCUT2D eigenvalue weighted by Crippen LogP contribution is 2.43. The van der Waals surface area contributed by atoms with Gasteiger partial charge in [0, 0.05) is 10.5 Å². The number of nitrogens with two attached hydrogens (primary N) is 1. The third kappa shape index (κ3) is 4.47. The van der Waals surface area contributed by atoms with Crippen molar-refractivity contribution in [3.05, 3.63) is 35.4 Å². The van der Waals surface area contributed by atoms with Crippen LogP contribution in [0, 0.1) is 11.8 Å².